The SMILES string of the molecule is C=C(C(=O)OC)C1=C(C(C)(C)CON=C(C)C)CC(C)=C(C)C1. The van der Waals surface area contributed by atoms with Gasteiger partial charge in [0.05, 0.1) is 18.4 Å². The number of allylic oxidation sites excluding steroid dienone is 2. The van der Waals surface area contributed by atoms with Gasteiger partial charge in [-0.3, -0.25) is 0 Å². The third-order valence-corrected chi connectivity index (χ3v) is 4.26. The Morgan fingerprint density at radius 2 is 1.78 bits per heavy atom. The monoisotopic (exact) mass is 319 g/mol. The molecule has 1 aliphatic rings. The summed E-state index contributed by atoms with van der Waals surface area (Å²) in [7, 11) is 1.39. The first-order valence-electron chi connectivity index (χ1n) is 7.88. The second kappa shape index (κ2) is 7.62. The van der Waals surface area contributed by atoms with E-state index < -0.39 is 0 Å². The van der Waals surface area contributed by atoms with Crippen LogP contribution in [0.4, 0.5) is 0 Å². The molecule has 0 atom stereocenters. The molecule has 0 spiro atoms. The van der Waals surface area contributed by atoms with Crippen molar-refractivity contribution in [1.29, 1.82) is 0 Å². The Hall–Kier alpha value is -1.84. The Morgan fingerprint density at radius 1 is 1.22 bits per heavy atom. The highest BCUT2D eigenvalue weighted by atomic mass is 16.6. The van der Waals surface area contributed by atoms with E-state index in [4.69, 9.17) is 9.57 Å². The van der Waals surface area contributed by atoms with Crippen molar-refractivity contribution in [1.82, 2.24) is 0 Å². The van der Waals surface area contributed by atoms with E-state index in [-0.39, 0.29) is 11.4 Å². The van der Waals surface area contributed by atoms with Gasteiger partial charge in [0.25, 0.3) is 0 Å². The highest BCUT2D eigenvalue weighted by molar-refractivity contribution is 5.93. The number of esters is 1. The molecular weight excluding hydrogens is 290 g/mol. The van der Waals surface area contributed by atoms with Gasteiger partial charge in [-0.2, -0.15) is 0 Å². The molecule has 0 saturated heterocycles. The predicted molar refractivity (Wildman–Crippen MR) is 94.3 cm³/mol. The lowest BCUT2D eigenvalue weighted by molar-refractivity contribution is -0.135. The Morgan fingerprint density at radius 3 is 2.30 bits per heavy atom. The number of oxime groups is 1. The molecule has 23 heavy (non-hydrogen) atoms. The second-order valence-electron chi connectivity index (χ2n) is 7.04. The highest BCUT2D eigenvalue weighted by Crippen LogP contribution is 2.42. The summed E-state index contributed by atoms with van der Waals surface area (Å²) in [5, 5.41) is 4.03. The number of rotatable bonds is 6. The molecular formula is C19H29NO3. The Kier molecular flexibility index (Phi) is 6.37. The molecule has 128 valence electrons. The van der Waals surface area contributed by atoms with E-state index in [9.17, 15) is 4.79 Å². The van der Waals surface area contributed by atoms with Crippen LogP contribution in [0.25, 0.3) is 0 Å². The smallest absolute Gasteiger partial charge is 0.337 e. The lowest BCUT2D eigenvalue weighted by Crippen LogP contribution is -2.26. The van der Waals surface area contributed by atoms with E-state index in [2.05, 4.69) is 39.4 Å². The maximum absolute atomic E-state index is 12.0. The summed E-state index contributed by atoms with van der Waals surface area (Å²) in [4.78, 5) is 17.4. The van der Waals surface area contributed by atoms with Crippen LogP contribution in [0.2, 0.25) is 0 Å². The normalized spacial score (nSPS) is 15.4. The van der Waals surface area contributed by atoms with Crippen molar-refractivity contribution in [3.8, 4) is 0 Å². The molecule has 0 fully saturated rings. The lowest BCUT2D eigenvalue weighted by Gasteiger charge is -2.34. The maximum atomic E-state index is 12.0. The van der Waals surface area contributed by atoms with Gasteiger partial charge in [-0.1, -0.05) is 42.3 Å². The summed E-state index contributed by atoms with van der Waals surface area (Å²) in [5.74, 6) is -0.371. The number of hydrogen-bond acceptors (Lipinski definition) is 4. The molecule has 0 aromatic rings. The second-order valence-corrected chi connectivity index (χ2v) is 7.04. The fraction of sp³-hybridized carbons (Fsp3) is 0.579. The van der Waals surface area contributed by atoms with Crippen molar-refractivity contribution in [2.24, 2.45) is 10.6 Å². The fourth-order valence-electron chi connectivity index (χ4n) is 2.64. The van der Waals surface area contributed by atoms with Crippen LogP contribution in [0.5, 0.6) is 0 Å². The van der Waals surface area contributed by atoms with Crippen LogP contribution in [0.3, 0.4) is 0 Å². The van der Waals surface area contributed by atoms with Crippen LogP contribution in [-0.2, 0) is 14.4 Å². The Bertz CT molecular complexity index is 588. The van der Waals surface area contributed by atoms with E-state index in [1.165, 1.54) is 23.8 Å². The van der Waals surface area contributed by atoms with Gasteiger partial charge in [-0.25, -0.2) is 4.79 Å². The van der Waals surface area contributed by atoms with Crippen molar-refractivity contribution in [3.05, 3.63) is 34.4 Å². The standard InChI is InChI=1S/C19H29NO3/c1-12(2)20-23-11-19(6,7)17-10-14(4)13(3)9-16(17)15(5)18(21)22-8/h5,9-11H2,1-4,6-8H3. The molecule has 0 unspecified atom stereocenters. The maximum Gasteiger partial charge on any atom is 0.337 e. The topological polar surface area (TPSA) is 47.9 Å². The molecule has 0 amide bonds. The van der Waals surface area contributed by atoms with Gasteiger partial charge in [-0.05, 0) is 46.1 Å². The minimum atomic E-state index is -0.371. The van der Waals surface area contributed by atoms with Gasteiger partial charge >= 0.3 is 5.97 Å². The van der Waals surface area contributed by atoms with E-state index in [1.54, 1.807) is 0 Å². The van der Waals surface area contributed by atoms with Crippen molar-refractivity contribution in [2.75, 3.05) is 13.7 Å². The summed E-state index contributed by atoms with van der Waals surface area (Å²) in [6, 6.07) is 0. The molecule has 0 aromatic heterocycles. The van der Waals surface area contributed by atoms with Crippen LogP contribution in [-0.4, -0.2) is 25.4 Å². The molecule has 0 heterocycles. The quantitative estimate of drug-likeness (QED) is 0.237. The van der Waals surface area contributed by atoms with E-state index in [0.717, 1.165) is 24.1 Å². The summed E-state index contributed by atoms with van der Waals surface area (Å²) < 4.78 is 4.86. The predicted octanol–water partition coefficient (Wildman–Crippen LogP) is 4.58. The van der Waals surface area contributed by atoms with Crippen molar-refractivity contribution in [3.63, 3.8) is 0 Å². The molecule has 0 saturated carbocycles. The Labute approximate surface area is 139 Å². The van der Waals surface area contributed by atoms with Crippen LogP contribution in [0, 0.1) is 5.41 Å². The molecule has 0 aliphatic heterocycles. The van der Waals surface area contributed by atoms with E-state index in [1.807, 2.05) is 13.8 Å². The third-order valence-electron chi connectivity index (χ3n) is 4.26. The molecule has 4 heteroatoms. The number of methoxy groups -OCH3 is 1. The molecule has 1 rings (SSSR count). The summed E-state index contributed by atoms with van der Waals surface area (Å²) in [6.07, 6.45) is 1.55. The first kappa shape index (κ1) is 19.2. The van der Waals surface area contributed by atoms with Crippen molar-refractivity contribution >= 4 is 11.7 Å². The molecule has 0 radical (unpaired) electrons. The van der Waals surface area contributed by atoms with Crippen LogP contribution < -0.4 is 0 Å². The van der Waals surface area contributed by atoms with Gasteiger partial charge in [0.15, 0.2) is 0 Å². The number of nitrogens with zero attached hydrogens (tertiary/aromatic N) is 1. The average molecular weight is 319 g/mol. The number of ether oxygens (including phenoxy) is 1. The lowest BCUT2D eigenvalue weighted by atomic mass is 9.72. The summed E-state index contributed by atoms with van der Waals surface area (Å²) in [5.41, 5.74) is 5.86. The van der Waals surface area contributed by atoms with Gasteiger partial charge in [0, 0.05) is 5.41 Å². The number of carbonyl (C=O) groups excluding carboxylic acids is 1. The molecule has 0 bridgehead atoms. The minimum absolute atomic E-state index is 0.243. The largest absolute Gasteiger partial charge is 0.465 e. The molecule has 4 nitrogen and oxygen atoms in total. The zero-order chi connectivity index (χ0) is 17.8. The summed E-state index contributed by atoms with van der Waals surface area (Å²) >= 11 is 0. The number of hydrogen-bond donors (Lipinski definition) is 0. The first-order chi connectivity index (χ1) is 10.6. The van der Waals surface area contributed by atoms with Crippen molar-refractivity contribution < 1.29 is 14.4 Å². The van der Waals surface area contributed by atoms with Gasteiger partial charge in [0.1, 0.15) is 6.61 Å². The van der Waals surface area contributed by atoms with Crippen LogP contribution >= 0.6 is 0 Å². The van der Waals surface area contributed by atoms with Gasteiger partial charge in [-0.15, -0.1) is 0 Å². The molecule has 0 N–H and O–H groups in total. The Balaban J connectivity index is 3.19. The molecule has 1 aliphatic carbocycles. The third kappa shape index (κ3) is 4.81. The van der Waals surface area contributed by atoms with Gasteiger partial charge in [0.2, 0.25) is 0 Å². The zero-order valence-corrected chi connectivity index (χ0v) is 15.5. The number of carbonyl (C=O) groups is 1. The first-order valence-corrected chi connectivity index (χ1v) is 7.88. The van der Waals surface area contributed by atoms with E-state index >= 15 is 0 Å². The molecule has 0 aromatic carbocycles. The highest BCUT2D eigenvalue weighted by Gasteiger charge is 2.32. The van der Waals surface area contributed by atoms with Gasteiger partial charge < -0.3 is 9.57 Å². The fourth-order valence-corrected chi connectivity index (χ4v) is 2.64. The van der Waals surface area contributed by atoms with E-state index in [0.29, 0.717) is 12.2 Å². The zero-order valence-electron chi connectivity index (χ0n) is 15.5. The van der Waals surface area contributed by atoms with Crippen LogP contribution in [0.1, 0.15) is 54.4 Å². The summed E-state index contributed by atoms with van der Waals surface area (Å²) in [6.45, 7) is 16.7. The van der Waals surface area contributed by atoms with Crippen LogP contribution in [0.15, 0.2) is 39.6 Å². The van der Waals surface area contributed by atoms with Crippen molar-refractivity contribution in [2.45, 2.75) is 54.4 Å². The minimum Gasteiger partial charge on any atom is -0.465 e. The average Bonchev–Trinajstić information content (AvgIpc) is 2.47.